The van der Waals surface area contributed by atoms with Crippen LogP contribution in [0.5, 0.6) is 0 Å². The van der Waals surface area contributed by atoms with Crippen molar-refractivity contribution in [3.63, 3.8) is 0 Å². The fourth-order valence-electron chi connectivity index (χ4n) is 3.25. The van der Waals surface area contributed by atoms with Crippen LogP contribution < -0.4 is 5.32 Å². The zero-order chi connectivity index (χ0) is 13.9. The Morgan fingerprint density at radius 3 is 2.68 bits per heavy atom. The summed E-state index contributed by atoms with van der Waals surface area (Å²) in [7, 11) is 2.22. The van der Waals surface area contributed by atoms with Crippen LogP contribution in [-0.4, -0.2) is 30.1 Å². The van der Waals surface area contributed by atoms with Gasteiger partial charge >= 0.3 is 0 Å². The van der Waals surface area contributed by atoms with Gasteiger partial charge in [-0.2, -0.15) is 0 Å². The molecule has 104 valence electrons. The number of likely N-dealkylation sites (tertiary alicyclic amines) is 1. The highest BCUT2D eigenvalue weighted by molar-refractivity contribution is 5.46. The third-order valence-electron chi connectivity index (χ3n) is 4.59. The van der Waals surface area contributed by atoms with Crippen LogP contribution >= 0.6 is 0 Å². The van der Waals surface area contributed by atoms with Gasteiger partial charge in [0.05, 0.1) is 0 Å². The third-order valence-corrected chi connectivity index (χ3v) is 4.59. The second kappa shape index (κ2) is 5.79. The first-order chi connectivity index (χ1) is 9.07. The molecular weight excluding hydrogens is 232 g/mol. The summed E-state index contributed by atoms with van der Waals surface area (Å²) in [5.41, 5.74) is 1.35. The van der Waals surface area contributed by atoms with E-state index in [0.717, 1.165) is 19.4 Å². The van der Waals surface area contributed by atoms with E-state index in [1.807, 2.05) is 0 Å². The summed E-state index contributed by atoms with van der Waals surface area (Å²) >= 11 is 0. The monoisotopic (exact) mass is 258 g/mol. The number of hydrogen-bond acceptors (Lipinski definition) is 2. The zero-order valence-corrected chi connectivity index (χ0v) is 12.4. The summed E-state index contributed by atoms with van der Waals surface area (Å²) in [6.07, 6.45) is 4.23. The summed E-state index contributed by atoms with van der Waals surface area (Å²) in [6, 6.07) is 11.2. The van der Waals surface area contributed by atoms with Crippen LogP contribution in [0.3, 0.4) is 0 Å². The maximum atomic E-state index is 3.97. The van der Waals surface area contributed by atoms with E-state index in [4.69, 9.17) is 0 Å². The van der Waals surface area contributed by atoms with E-state index in [-0.39, 0.29) is 5.54 Å². The van der Waals surface area contributed by atoms with Crippen molar-refractivity contribution < 1.29 is 0 Å². The molecule has 1 aromatic carbocycles. The molecule has 0 unspecified atom stereocenters. The number of piperidine rings is 1. The molecule has 0 radical (unpaired) electrons. The minimum Gasteiger partial charge on any atom is -0.379 e. The summed E-state index contributed by atoms with van der Waals surface area (Å²) in [5, 5.41) is 3.80. The smallest absolute Gasteiger partial charge is 0.0460 e. The summed E-state index contributed by atoms with van der Waals surface area (Å²) in [4.78, 5) is 2.46. The van der Waals surface area contributed by atoms with Crippen molar-refractivity contribution in [1.29, 1.82) is 0 Å². The number of benzene rings is 1. The van der Waals surface area contributed by atoms with Gasteiger partial charge in [-0.3, -0.25) is 0 Å². The normalized spacial score (nSPS) is 31.9. The molecule has 2 nitrogen and oxygen atoms in total. The maximum Gasteiger partial charge on any atom is 0.0460 e. The van der Waals surface area contributed by atoms with Crippen molar-refractivity contribution in [3.05, 3.63) is 43.0 Å². The summed E-state index contributed by atoms with van der Waals surface area (Å²) in [5.74, 6) is 0.604. The van der Waals surface area contributed by atoms with Crippen LogP contribution in [0, 0.1) is 5.92 Å². The minimum atomic E-state index is 0.134. The molecule has 0 aromatic heterocycles. The molecule has 1 N–H and O–H groups in total. The minimum absolute atomic E-state index is 0.134. The standard InChI is InChI=1S/C17H26N2/c1-5-11-17(18-16-9-7-6-8-10-16)12-15(3)19(4)13-14(17)2/h5-10,14-15,18H,1,11-13H2,2-4H3/t14-,15+,17-/m1/s1. The van der Waals surface area contributed by atoms with Gasteiger partial charge in [0.15, 0.2) is 0 Å². The molecule has 0 bridgehead atoms. The largest absolute Gasteiger partial charge is 0.379 e. The van der Waals surface area contributed by atoms with Crippen molar-refractivity contribution in [2.24, 2.45) is 5.92 Å². The third kappa shape index (κ3) is 3.01. The lowest BCUT2D eigenvalue weighted by Gasteiger charge is -2.49. The van der Waals surface area contributed by atoms with Crippen LogP contribution in [0.15, 0.2) is 43.0 Å². The quantitative estimate of drug-likeness (QED) is 0.827. The first-order valence-corrected chi connectivity index (χ1v) is 7.22. The number of rotatable bonds is 4. The van der Waals surface area contributed by atoms with Crippen LogP contribution in [-0.2, 0) is 0 Å². The van der Waals surface area contributed by atoms with Crippen LogP contribution in [0.4, 0.5) is 5.69 Å². The fourth-order valence-corrected chi connectivity index (χ4v) is 3.25. The lowest BCUT2D eigenvalue weighted by atomic mass is 9.73. The van der Waals surface area contributed by atoms with Gasteiger partial charge in [-0.05, 0) is 44.9 Å². The highest BCUT2D eigenvalue weighted by Gasteiger charge is 2.41. The Hall–Kier alpha value is -1.28. The second-order valence-electron chi connectivity index (χ2n) is 6.03. The van der Waals surface area contributed by atoms with Crippen molar-refractivity contribution in [3.8, 4) is 0 Å². The Bertz CT molecular complexity index is 415. The van der Waals surface area contributed by atoms with E-state index in [0.29, 0.717) is 12.0 Å². The molecule has 1 aliphatic heterocycles. The Labute approximate surface area is 117 Å². The van der Waals surface area contributed by atoms with Gasteiger partial charge in [-0.25, -0.2) is 0 Å². The average molecular weight is 258 g/mol. The van der Waals surface area contributed by atoms with Crippen molar-refractivity contribution >= 4 is 5.69 Å². The lowest BCUT2D eigenvalue weighted by molar-refractivity contribution is 0.0928. The molecule has 1 heterocycles. The molecule has 0 saturated carbocycles. The van der Waals surface area contributed by atoms with Gasteiger partial charge in [0.1, 0.15) is 0 Å². The highest BCUT2D eigenvalue weighted by Crippen LogP contribution is 2.37. The predicted octanol–water partition coefficient (Wildman–Crippen LogP) is 3.77. The molecule has 0 amide bonds. The van der Waals surface area contributed by atoms with Gasteiger partial charge in [0, 0.05) is 23.8 Å². The molecule has 1 fully saturated rings. The van der Waals surface area contributed by atoms with E-state index in [1.165, 1.54) is 5.69 Å². The first-order valence-electron chi connectivity index (χ1n) is 7.22. The van der Waals surface area contributed by atoms with E-state index < -0.39 is 0 Å². The van der Waals surface area contributed by atoms with E-state index >= 15 is 0 Å². The fraction of sp³-hybridized carbons (Fsp3) is 0.529. The van der Waals surface area contributed by atoms with Gasteiger partial charge < -0.3 is 10.2 Å². The van der Waals surface area contributed by atoms with Crippen molar-refractivity contribution in [1.82, 2.24) is 4.90 Å². The number of nitrogens with one attached hydrogen (secondary N) is 1. The molecule has 0 aliphatic carbocycles. The Balaban J connectivity index is 2.24. The van der Waals surface area contributed by atoms with Gasteiger partial charge in [0.25, 0.3) is 0 Å². The lowest BCUT2D eigenvalue weighted by Crippen LogP contribution is -2.57. The Morgan fingerprint density at radius 1 is 1.37 bits per heavy atom. The number of hydrogen-bond donors (Lipinski definition) is 1. The van der Waals surface area contributed by atoms with Crippen LogP contribution in [0.1, 0.15) is 26.7 Å². The SMILES string of the molecule is C=CC[C@@]1(Nc2ccccc2)C[C@H](C)N(C)C[C@H]1C. The van der Waals surface area contributed by atoms with E-state index in [9.17, 15) is 0 Å². The Morgan fingerprint density at radius 2 is 2.05 bits per heavy atom. The number of nitrogens with zero attached hydrogens (tertiary/aromatic N) is 1. The molecule has 2 rings (SSSR count). The molecule has 1 aliphatic rings. The molecule has 19 heavy (non-hydrogen) atoms. The van der Waals surface area contributed by atoms with Crippen molar-refractivity contribution in [2.75, 3.05) is 18.9 Å². The summed E-state index contributed by atoms with van der Waals surface area (Å²) < 4.78 is 0. The molecule has 2 heteroatoms. The average Bonchev–Trinajstić information content (AvgIpc) is 2.38. The molecule has 0 spiro atoms. The van der Waals surface area contributed by atoms with Crippen LogP contribution in [0.25, 0.3) is 0 Å². The molecule has 1 aromatic rings. The van der Waals surface area contributed by atoms with Gasteiger partial charge in [-0.1, -0.05) is 31.2 Å². The van der Waals surface area contributed by atoms with Crippen LogP contribution in [0.2, 0.25) is 0 Å². The predicted molar refractivity (Wildman–Crippen MR) is 83.5 cm³/mol. The molecule has 3 atom stereocenters. The highest BCUT2D eigenvalue weighted by atomic mass is 15.2. The number of anilines is 1. The number of para-hydroxylation sites is 1. The van der Waals surface area contributed by atoms with E-state index in [2.05, 4.69) is 74.1 Å². The molecular formula is C17H26N2. The zero-order valence-electron chi connectivity index (χ0n) is 12.4. The topological polar surface area (TPSA) is 15.3 Å². The molecule has 1 saturated heterocycles. The van der Waals surface area contributed by atoms with Gasteiger partial charge in [-0.15, -0.1) is 6.58 Å². The van der Waals surface area contributed by atoms with Crippen molar-refractivity contribution in [2.45, 2.75) is 38.3 Å². The second-order valence-corrected chi connectivity index (χ2v) is 6.03. The summed E-state index contributed by atoms with van der Waals surface area (Å²) in [6.45, 7) is 9.77. The van der Waals surface area contributed by atoms with Gasteiger partial charge in [0.2, 0.25) is 0 Å². The maximum absolute atomic E-state index is 3.97. The first kappa shape index (κ1) is 14.1. The Kier molecular flexibility index (Phi) is 4.31. The van der Waals surface area contributed by atoms with E-state index in [1.54, 1.807) is 0 Å².